The zero-order valence-electron chi connectivity index (χ0n) is 16.5. The van der Waals surface area contributed by atoms with Crippen LogP contribution in [0.1, 0.15) is 29.3 Å². The molecule has 30 heavy (non-hydrogen) atoms. The number of anilines is 1. The lowest BCUT2D eigenvalue weighted by atomic mass is 10.1. The molecule has 0 fully saturated rings. The van der Waals surface area contributed by atoms with Crippen LogP contribution in [0.2, 0.25) is 0 Å². The maximum atomic E-state index is 13.9. The molecule has 3 aromatic rings. The minimum absolute atomic E-state index is 0.00185. The maximum Gasteiger partial charge on any atom is 0.265 e. The number of amides is 2. The minimum atomic E-state index is -0.909. The van der Waals surface area contributed by atoms with Gasteiger partial charge in [0, 0.05) is 18.9 Å². The monoisotopic (exact) mass is 407 g/mol. The molecule has 1 heterocycles. The van der Waals surface area contributed by atoms with Crippen molar-refractivity contribution in [1.29, 1.82) is 0 Å². The second kappa shape index (κ2) is 10.2. The Kier molecular flexibility index (Phi) is 7.10. The van der Waals surface area contributed by atoms with E-state index in [-0.39, 0.29) is 11.7 Å². The summed E-state index contributed by atoms with van der Waals surface area (Å²) in [5.41, 5.74) is 1.52. The molecule has 0 radical (unpaired) electrons. The summed E-state index contributed by atoms with van der Waals surface area (Å²) < 4.78 is 19.4. The predicted molar refractivity (Wildman–Crippen MR) is 112 cm³/mol. The van der Waals surface area contributed by atoms with Crippen molar-refractivity contribution in [2.75, 3.05) is 5.32 Å². The summed E-state index contributed by atoms with van der Waals surface area (Å²) in [6.07, 6.45) is 2.74. The maximum absolute atomic E-state index is 13.9. The summed E-state index contributed by atoms with van der Waals surface area (Å²) in [7, 11) is 0. The highest BCUT2D eigenvalue weighted by Gasteiger charge is 2.22. The number of para-hydroxylation sites is 2. The van der Waals surface area contributed by atoms with E-state index in [2.05, 4.69) is 15.6 Å². The Morgan fingerprint density at radius 1 is 1.07 bits per heavy atom. The van der Waals surface area contributed by atoms with Gasteiger partial charge >= 0.3 is 0 Å². The van der Waals surface area contributed by atoms with Gasteiger partial charge < -0.3 is 15.4 Å². The van der Waals surface area contributed by atoms with Crippen LogP contribution in [0.25, 0.3) is 0 Å². The van der Waals surface area contributed by atoms with E-state index in [9.17, 15) is 14.0 Å². The van der Waals surface area contributed by atoms with Crippen LogP contribution < -0.4 is 15.4 Å². The molecule has 2 aromatic carbocycles. The van der Waals surface area contributed by atoms with E-state index in [1.807, 2.05) is 6.07 Å². The molecular weight excluding hydrogens is 385 g/mol. The zero-order chi connectivity index (χ0) is 21.3. The summed E-state index contributed by atoms with van der Waals surface area (Å²) in [6, 6.07) is 16.2. The van der Waals surface area contributed by atoms with Gasteiger partial charge in [0.25, 0.3) is 11.8 Å². The van der Waals surface area contributed by atoms with Crippen LogP contribution in [0.4, 0.5) is 10.1 Å². The second-order valence-corrected chi connectivity index (χ2v) is 6.52. The lowest BCUT2D eigenvalue weighted by Crippen LogP contribution is -2.33. The summed E-state index contributed by atoms with van der Waals surface area (Å²) in [6.45, 7) is 2.07. The number of halogens is 1. The molecule has 0 aliphatic carbocycles. The lowest BCUT2D eigenvalue weighted by molar-refractivity contribution is -0.122. The van der Waals surface area contributed by atoms with Crippen LogP contribution in [0, 0.1) is 5.82 Å². The first-order chi connectivity index (χ1) is 14.6. The summed E-state index contributed by atoms with van der Waals surface area (Å²) in [4.78, 5) is 29.4. The van der Waals surface area contributed by atoms with Crippen LogP contribution in [-0.4, -0.2) is 22.9 Å². The van der Waals surface area contributed by atoms with E-state index in [0.29, 0.717) is 24.2 Å². The first-order valence-corrected chi connectivity index (χ1v) is 9.56. The number of benzene rings is 2. The van der Waals surface area contributed by atoms with Crippen molar-refractivity contribution in [3.63, 3.8) is 0 Å². The van der Waals surface area contributed by atoms with Crippen LogP contribution in [0.5, 0.6) is 5.75 Å². The van der Waals surface area contributed by atoms with Gasteiger partial charge in [-0.3, -0.25) is 14.6 Å². The first kappa shape index (κ1) is 21.0. The third-order valence-corrected chi connectivity index (χ3v) is 4.37. The standard InChI is InChI=1S/C23H22FN3O3/c1-2-20(30-21-12-6-4-10-18(21)24)23(29)27-19-11-5-3-9-17(19)22(28)26-15-16-8-7-13-25-14-16/h3-14,20H,2,15H2,1H3,(H,26,28)(H,27,29)/t20-/m1/s1. The topological polar surface area (TPSA) is 80.3 Å². The Hall–Kier alpha value is -3.74. The molecule has 0 aliphatic rings. The quantitative estimate of drug-likeness (QED) is 0.593. The van der Waals surface area contributed by atoms with Gasteiger partial charge in [-0.05, 0) is 42.3 Å². The molecule has 1 aromatic heterocycles. The molecule has 0 spiro atoms. The smallest absolute Gasteiger partial charge is 0.265 e. The summed E-state index contributed by atoms with van der Waals surface area (Å²) in [5, 5.41) is 5.53. The normalized spacial score (nSPS) is 11.4. The van der Waals surface area contributed by atoms with Crippen molar-refractivity contribution in [3.8, 4) is 5.75 Å². The second-order valence-electron chi connectivity index (χ2n) is 6.52. The number of nitrogens with one attached hydrogen (secondary N) is 2. The van der Waals surface area contributed by atoms with Crippen molar-refractivity contribution in [1.82, 2.24) is 10.3 Å². The van der Waals surface area contributed by atoms with Crippen molar-refractivity contribution < 1.29 is 18.7 Å². The third kappa shape index (κ3) is 5.41. The molecule has 0 saturated heterocycles. The van der Waals surface area contributed by atoms with Crippen molar-refractivity contribution in [3.05, 3.63) is 90.0 Å². The zero-order valence-corrected chi connectivity index (χ0v) is 16.5. The Morgan fingerprint density at radius 2 is 1.83 bits per heavy atom. The highest BCUT2D eigenvalue weighted by Crippen LogP contribution is 2.20. The molecule has 0 bridgehead atoms. The highest BCUT2D eigenvalue weighted by molar-refractivity contribution is 6.04. The third-order valence-electron chi connectivity index (χ3n) is 4.37. The van der Waals surface area contributed by atoms with E-state index in [1.165, 1.54) is 12.1 Å². The Bertz CT molecular complexity index is 1010. The Morgan fingerprint density at radius 3 is 2.57 bits per heavy atom. The molecule has 2 N–H and O–H groups in total. The van der Waals surface area contributed by atoms with Crippen molar-refractivity contribution >= 4 is 17.5 Å². The molecular formula is C23H22FN3O3. The predicted octanol–water partition coefficient (Wildman–Crippen LogP) is 3.95. The molecule has 1 atom stereocenters. The SMILES string of the molecule is CC[C@@H](Oc1ccccc1F)C(=O)Nc1ccccc1C(=O)NCc1cccnc1. The van der Waals surface area contributed by atoms with Crippen LogP contribution in [0.15, 0.2) is 73.1 Å². The molecule has 6 nitrogen and oxygen atoms in total. The number of carbonyl (C=O) groups is 2. The number of pyridine rings is 1. The average molecular weight is 407 g/mol. The fraction of sp³-hybridized carbons (Fsp3) is 0.174. The largest absolute Gasteiger partial charge is 0.478 e. The van der Waals surface area contributed by atoms with Crippen molar-refractivity contribution in [2.24, 2.45) is 0 Å². The number of rotatable bonds is 8. The molecule has 2 amide bonds. The number of carbonyl (C=O) groups excluding carboxylic acids is 2. The average Bonchev–Trinajstić information content (AvgIpc) is 2.78. The highest BCUT2D eigenvalue weighted by atomic mass is 19.1. The van der Waals surface area contributed by atoms with E-state index in [0.717, 1.165) is 5.56 Å². The van der Waals surface area contributed by atoms with Gasteiger partial charge in [0.2, 0.25) is 0 Å². The van der Waals surface area contributed by atoms with Gasteiger partial charge in [-0.15, -0.1) is 0 Å². The summed E-state index contributed by atoms with van der Waals surface area (Å²) in [5.74, 6) is -1.34. The van der Waals surface area contributed by atoms with Gasteiger partial charge in [0.05, 0.1) is 11.3 Å². The molecule has 0 aliphatic heterocycles. The number of hydrogen-bond acceptors (Lipinski definition) is 4. The van der Waals surface area contributed by atoms with E-state index in [1.54, 1.807) is 61.8 Å². The van der Waals surface area contributed by atoms with Crippen LogP contribution in [0.3, 0.4) is 0 Å². The van der Waals surface area contributed by atoms with Gasteiger partial charge in [-0.25, -0.2) is 4.39 Å². The molecule has 7 heteroatoms. The summed E-state index contributed by atoms with van der Waals surface area (Å²) >= 11 is 0. The Labute approximate surface area is 174 Å². The van der Waals surface area contributed by atoms with Gasteiger partial charge in [-0.2, -0.15) is 0 Å². The fourth-order valence-electron chi connectivity index (χ4n) is 2.80. The lowest BCUT2D eigenvalue weighted by Gasteiger charge is -2.18. The number of ether oxygens (including phenoxy) is 1. The number of nitrogens with zero attached hydrogens (tertiary/aromatic N) is 1. The fourth-order valence-corrected chi connectivity index (χ4v) is 2.80. The number of aromatic nitrogens is 1. The van der Waals surface area contributed by atoms with Crippen LogP contribution >= 0.6 is 0 Å². The number of hydrogen-bond donors (Lipinski definition) is 2. The van der Waals surface area contributed by atoms with Crippen molar-refractivity contribution in [2.45, 2.75) is 26.0 Å². The van der Waals surface area contributed by atoms with Gasteiger partial charge in [0.15, 0.2) is 17.7 Å². The molecule has 0 unspecified atom stereocenters. The molecule has 3 rings (SSSR count). The molecule has 154 valence electrons. The van der Waals surface area contributed by atoms with E-state index < -0.39 is 17.8 Å². The minimum Gasteiger partial charge on any atom is -0.478 e. The van der Waals surface area contributed by atoms with Gasteiger partial charge in [-0.1, -0.05) is 37.3 Å². The van der Waals surface area contributed by atoms with E-state index >= 15 is 0 Å². The van der Waals surface area contributed by atoms with E-state index in [4.69, 9.17) is 4.74 Å². The molecule has 0 saturated carbocycles. The van der Waals surface area contributed by atoms with Gasteiger partial charge in [0.1, 0.15) is 0 Å². The first-order valence-electron chi connectivity index (χ1n) is 9.56. The Balaban J connectivity index is 1.69. The van der Waals surface area contributed by atoms with Crippen LogP contribution in [-0.2, 0) is 11.3 Å².